The molecule has 0 saturated carbocycles. The lowest BCUT2D eigenvalue weighted by Crippen LogP contribution is -2.35. The smallest absolute Gasteiger partial charge is 0.339 e. The number of esters is 1. The number of fused-ring (bicyclic) bond motifs is 2. The van der Waals surface area contributed by atoms with Gasteiger partial charge in [0.05, 0.1) is 16.8 Å². The molecule has 7 heteroatoms. The normalized spacial score (nSPS) is 16.8. The van der Waals surface area contributed by atoms with E-state index in [0.29, 0.717) is 42.3 Å². The summed E-state index contributed by atoms with van der Waals surface area (Å²) in [4.78, 5) is 44.4. The zero-order chi connectivity index (χ0) is 21.4. The zero-order valence-electron chi connectivity index (χ0n) is 16.8. The molecule has 2 amide bonds. The van der Waals surface area contributed by atoms with Crippen molar-refractivity contribution in [3.8, 4) is 0 Å². The summed E-state index contributed by atoms with van der Waals surface area (Å²) in [5, 5.41) is 2.74. The minimum Gasteiger partial charge on any atom is -0.452 e. The molecule has 1 saturated heterocycles. The van der Waals surface area contributed by atoms with Crippen molar-refractivity contribution in [3.05, 3.63) is 63.5 Å². The lowest BCUT2D eigenvalue weighted by molar-refractivity contribution is -0.143. The van der Waals surface area contributed by atoms with E-state index in [1.165, 1.54) is 4.90 Å². The number of aromatic nitrogens is 1. The molecule has 0 bridgehead atoms. The van der Waals surface area contributed by atoms with Crippen molar-refractivity contribution in [2.75, 3.05) is 13.2 Å². The third-order valence-corrected chi connectivity index (χ3v) is 6.53. The van der Waals surface area contributed by atoms with E-state index >= 15 is 0 Å². The van der Waals surface area contributed by atoms with Gasteiger partial charge in [-0.25, -0.2) is 9.78 Å². The summed E-state index contributed by atoms with van der Waals surface area (Å²) in [6.07, 6.45) is 4.61. The minimum absolute atomic E-state index is 0.209. The van der Waals surface area contributed by atoms with Crippen molar-refractivity contribution in [3.63, 3.8) is 0 Å². The van der Waals surface area contributed by atoms with Gasteiger partial charge in [-0.3, -0.25) is 14.5 Å². The van der Waals surface area contributed by atoms with E-state index in [1.54, 1.807) is 11.3 Å². The van der Waals surface area contributed by atoms with Crippen LogP contribution in [0.15, 0.2) is 41.8 Å². The van der Waals surface area contributed by atoms with Crippen LogP contribution in [0.3, 0.4) is 0 Å². The van der Waals surface area contributed by atoms with Crippen LogP contribution in [0.2, 0.25) is 0 Å². The summed E-state index contributed by atoms with van der Waals surface area (Å²) in [7, 11) is 0. The van der Waals surface area contributed by atoms with E-state index in [-0.39, 0.29) is 5.91 Å². The molecule has 1 fully saturated rings. The number of rotatable bonds is 4. The maximum Gasteiger partial charge on any atom is 0.339 e. The highest BCUT2D eigenvalue weighted by atomic mass is 32.1. The number of thiophene rings is 1. The fraction of sp³-hybridized carbons (Fsp3) is 0.250. The molecule has 0 spiro atoms. The third kappa shape index (κ3) is 3.65. The number of benzene rings is 1. The van der Waals surface area contributed by atoms with Crippen LogP contribution < -0.4 is 0 Å². The highest BCUT2D eigenvalue weighted by molar-refractivity contribution is 7.10. The quantitative estimate of drug-likeness (QED) is 0.581. The first-order valence-electron chi connectivity index (χ1n) is 10.3. The number of hydrogen-bond donors (Lipinski definition) is 0. The SMILES string of the molecule is O=C(OCC(=O)N1CCCC1=O)c1c2c(nc3ccccc13)C(=Cc1cccs1)CC2. The molecule has 5 rings (SSSR count). The topological polar surface area (TPSA) is 76.6 Å². The average molecular weight is 433 g/mol. The molecular formula is C24H20N2O4S. The molecule has 1 aliphatic carbocycles. The monoisotopic (exact) mass is 432 g/mol. The molecule has 0 atom stereocenters. The van der Waals surface area contributed by atoms with Crippen LogP contribution in [0.25, 0.3) is 22.6 Å². The van der Waals surface area contributed by atoms with Crippen molar-refractivity contribution in [1.29, 1.82) is 0 Å². The first-order chi connectivity index (χ1) is 15.1. The standard InChI is InChI=1S/C24H20N2O4S/c27-20-8-3-11-26(20)21(28)14-30-24(29)22-17-6-1-2-7-19(17)25-23-15(9-10-18(22)23)13-16-5-4-12-31-16/h1-2,4-7,12-13H,3,8-11,14H2. The number of carbonyl (C=O) groups is 3. The van der Waals surface area contributed by atoms with Crippen molar-refractivity contribution in [2.24, 2.45) is 0 Å². The van der Waals surface area contributed by atoms with Crippen molar-refractivity contribution in [2.45, 2.75) is 25.7 Å². The van der Waals surface area contributed by atoms with Crippen LogP contribution in [0, 0.1) is 0 Å². The van der Waals surface area contributed by atoms with Crippen LogP contribution in [-0.4, -0.2) is 40.8 Å². The van der Waals surface area contributed by atoms with E-state index in [9.17, 15) is 14.4 Å². The second-order valence-electron chi connectivity index (χ2n) is 7.63. The summed E-state index contributed by atoms with van der Waals surface area (Å²) >= 11 is 1.66. The molecule has 1 aromatic carbocycles. The molecule has 156 valence electrons. The molecule has 31 heavy (non-hydrogen) atoms. The van der Waals surface area contributed by atoms with E-state index in [2.05, 4.69) is 12.1 Å². The Bertz CT molecular complexity index is 1230. The Morgan fingerprint density at radius 3 is 2.77 bits per heavy atom. The second-order valence-corrected chi connectivity index (χ2v) is 8.61. The average Bonchev–Trinajstić information content (AvgIpc) is 3.53. The van der Waals surface area contributed by atoms with Gasteiger partial charge in [0.25, 0.3) is 5.91 Å². The zero-order valence-corrected chi connectivity index (χ0v) is 17.6. The molecule has 6 nitrogen and oxygen atoms in total. The largest absolute Gasteiger partial charge is 0.452 e. The van der Waals surface area contributed by atoms with Gasteiger partial charge in [-0.05, 0) is 54.0 Å². The Morgan fingerprint density at radius 2 is 2.00 bits per heavy atom. The van der Waals surface area contributed by atoms with E-state index in [1.807, 2.05) is 35.7 Å². The highest BCUT2D eigenvalue weighted by Gasteiger charge is 2.30. The lowest BCUT2D eigenvalue weighted by Gasteiger charge is -2.15. The molecule has 3 aromatic rings. The highest BCUT2D eigenvalue weighted by Crippen LogP contribution is 2.38. The fourth-order valence-electron chi connectivity index (χ4n) is 4.25. The van der Waals surface area contributed by atoms with Crippen LogP contribution in [0.1, 0.15) is 45.8 Å². The predicted molar refractivity (Wildman–Crippen MR) is 118 cm³/mol. The number of para-hydroxylation sites is 1. The van der Waals surface area contributed by atoms with Gasteiger partial charge < -0.3 is 4.74 Å². The van der Waals surface area contributed by atoms with Crippen molar-refractivity contribution in [1.82, 2.24) is 9.88 Å². The van der Waals surface area contributed by atoms with Gasteiger partial charge in [0.15, 0.2) is 6.61 Å². The molecule has 2 aliphatic rings. The number of carbonyl (C=O) groups excluding carboxylic acids is 3. The van der Waals surface area contributed by atoms with Gasteiger partial charge in [-0.2, -0.15) is 0 Å². The van der Waals surface area contributed by atoms with Crippen LogP contribution >= 0.6 is 11.3 Å². The molecule has 0 N–H and O–H groups in total. The number of pyridine rings is 1. The number of allylic oxidation sites excluding steroid dienone is 1. The van der Waals surface area contributed by atoms with Crippen molar-refractivity contribution < 1.29 is 19.1 Å². The number of hydrogen-bond acceptors (Lipinski definition) is 6. The summed E-state index contributed by atoms with van der Waals surface area (Å²) in [5.74, 6) is -1.23. The molecular weight excluding hydrogens is 412 g/mol. The lowest BCUT2D eigenvalue weighted by atomic mass is 10.0. The van der Waals surface area contributed by atoms with Gasteiger partial charge in [0, 0.05) is 23.2 Å². The molecule has 0 unspecified atom stereocenters. The number of imide groups is 1. The van der Waals surface area contributed by atoms with Crippen LogP contribution in [0.4, 0.5) is 0 Å². The summed E-state index contributed by atoms with van der Waals surface area (Å²) in [5.41, 5.74) is 3.95. The molecule has 2 aromatic heterocycles. The van der Waals surface area contributed by atoms with Crippen LogP contribution in [0.5, 0.6) is 0 Å². The second kappa shape index (κ2) is 8.07. The van der Waals surface area contributed by atoms with Gasteiger partial charge in [0.2, 0.25) is 5.91 Å². The maximum atomic E-state index is 13.1. The molecule has 3 heterocycles. The Labute approximate surface area is 183 Å². The number of amides is 2. The van der Waals surface area contributed by atoms with Gasteiger partial charge in [0.1, 0.15) is 0 Å². The van der Waals surface area contributed by atoms with Gasteiger partial charge >= 0.3 is 5.97 Å². The first kappa shape index (κ1) is 19.6. The van der Waals surface area contributed by atoms with E-state index < -0.39 is 18.5 Å². The Morgan fingerprint density at radius 1 is 1.13 bits per heavy atom. The number of likely N-dealkylation sites (tertiary alicyclic amines) is 1. The first-order valence-corrected chi connectivity index (χ1v) is 11.2. The Hall–Kier alpha value is -3.32. The number of nitrogens with zero attached hydrogens (tertiary/aromatic N) is 2. The van der Waals surface area contributed by atoms with Gasteiger partial charge in [-0.15, -0.1) is 11.3 Å². The fourth-order valence-corrected chi connectivity index (χ4v) is 4.93. The van der Waals surface area contributed by atoms with Gasteiger partial charge in [-0.1, -0.05) is 24.3 Å². The van der Waals surface area contributed by atoms with E-state index in [0.717, 1.165) is 28.1 Å². The van der Waals surface area contributed by atoms with Crippen molar-refractivity contribution >= 4 is 51.7 Å². The predicted octanol–water partition coefficient (Wildman–Crippen LogP) is 4.09. The van der Waals surface area contributed by atoms with E-state index in [4.69, 9.17) is 9.72 Å². The minimum atomic E-state index is -0.549. The maximum absolute atomic E-state index is 13.1. The Kier molecular flexibility index (Phi) is 5.11. The Balaban J connectivity index is 1.49. The number of ether oxygens (including phenoxy) is 1. The molecule has 1 aliphatic heterocycles. The summed E-state index contributed by atoms with van der Waals surface area (Å²) < 4.78 is 5.40. The summed E-state index contributed by atoms with van der Waals surface area (Å²) in [6, 6.07) is 11.5. The van der Waals surface area contributed by atoms with Crippen LogP contribution in [-0.2, 0) is 20.7 Å². The molecule has 0 radical (unpaired) electrons. The third-order valence-electron chi connectivity index (χ3n) is 5.71. The summed E-state index contributed by atoms with van der Waals surface area (Å²) in [6.45, 7) is -0.0480.